The first-order chi connectivity index (χ1) is 16.5. The van der Waals surface area contributed by atoms with Gasteiger partial charge in [-0.25, -0.2) is 0 Å². The van der Waals surface area contributed by atoms with E-state index < -0.39 is 11.8 Å². The molecule has 1 N–H and O–H groups in total. The lowest BCUT2D eigenvalue weighted by molar-refractivity contribution is -0.144. The maximum atomic E-state index is 13.8. The van der Waals surface area contributed by atoms with Gasteiger partial charge in [-0.3, -0.25) is 19.3 Å². The number of hydrogen-bond acceptors (Lipinski definition) is 6. The molecule has 1 aromatic rings. The first-order valence-electron chi connectivity index (χ1n) is 12.3. The monoisotopic (exact) mass is 471 g/mol. The highest BCUT2D eigenvalue weighted by Crippen LogP contribution is 2.40. The van der Waals surface area contributed by atoms with Crippen molar-refractivity contribution in [3.8, 4) is 5.75 Å². The maximum Gasteiger partial charge on any atom is 0.257 e. The number of nitrogens with zero attached hydrogens (tertiary/aromatic N) is 2. The van der Waals surface area contributed by atoms with E-state index in [4.69, 9.17) is 14.2 Å². The van der Waals surface area contributed by atoms with Gasteiger partial charge in [0.2, 0.25) is 11.8 Å². The second-order valence-electron chi connectivity index (χ2n) is 9.66. The summed E-state index contributed by atoms with van der Waals surface area (Å²) in [5.41, 5.74) is -0.468. The van der Waals surface area contributed by atoms with Gasteiger partial charge in [-0.1, -0.05) is 6.07 Å². The second-order valence-corrected chi connectivity index (χ2v) is 9.66. The molecule has 3 aliphatic heterocycles. The average molecular weight is 472 g/mol. The minimum absolute atomic E-state index is 0.0134. The van der Waals surface area contributed by atoms with E-state index in [1.165, 1.54) is 0 Å². The standard InChI is InChI=1S/C25H33N3O6/c1-32-19-5-2-4-18(14-19)24(31)28-21(22(29)26-15-20-6-3-13-33-20)16-34-25(28)9-11-27(12-10-25)23(30)17-7-8-17/h2,4-5,14,17,20-21H,3,6-13,15-16H2,1H3,(H,26,29)/t20-,21+/m0/s1. The van der Waals surface area contributed by atoms with Crippen LogP contribution in [-0.2, 0) is 19.1 Å². The van der Waals surface area contributed by atoms with Crippen molar-refractivity contribution >= 4 is 17.7 Å². The first kappa shape index (κ1) is 23.1. The Hall–Kier alpha value is -2.65. The summed E-state index contributed by atoms with van der Waals surface area (Å²) in [6, 6.07) is 6.21. The zero-order chi connectivity index (χ0) is 23.7. The topological polar surface area (TPSA) is 97.4 Å². The van der Waals surface area contributed by atoms with Crippen molar-refractivity contribution in [1.82, 2.24) is 15.1 Å². The summed E-state index contributed by atoms with van der Waals surface area (Å²) in [5, 5.41) is 2.97. The summed E-state index contributed by atoms with van der Waals surface area (Å²) in [7, 11) is 1.55. The Balaban J connectivity index is 1.36. The molecule has 1 aliphatic carbocycles. The number of nitrogens with one attached hydrogen (secondary N) is 1. The van der Waals surface area contributed by atoms with Crippen LogP contribution in [0.3, 0.4) is 0 Å². The highest BCUT2D eigenvalue weighted by molar-refractivity contribution is 5.98. The van der Waals surface area contributed by atoms with Crippen LogP contribution in [0.25, 0.3) is 0 Å². The van der Waals surface area contributed by atoms with Gasteiger partial charge < -0.3 is 24.4 Å². The third-order valence-electron chi connectivity index (χ3n) is 7.41. The molecular weight excluding hydrogens is 438 g/mol. The molecule has 9 nitrogen and oxygen atoms in total. The van der Waals surface area contributed by atoms with E-state index in [1.54, 1.807) is 36.3 Å². The molecule has 4 aliphatic rings. The van der Waals surface area contributed by atoms with E-state index in [2.05, 4.69) is 5.32 Å². The molecular formula is C25H33N3O6. The van der Waals surface area contributed by atoms with Crippen LogP contribution in [0.1, 0.15) is 48.9 Å². The predicted octanol–water partition coefficient (Wildman–Crippen LogP) is 1.56. The third-order valence-corrected chi connectivity index (χ3v) is 7.41. The van der Waals surface area contributed by atoms with Crippen LogP contribution >= 0.6 is 0 Å². The largest absolute Gasteiger partial charge is 0.497 e. The van der Waals surface area contributed by atoms with Crippen molar-refractivity contribution in [3.05, 3.63) is 29.8 Å². The molecule has 3 heterocycles. The number of rotatable bonds is 6. The van der Waals surface area contributed by atoms with E-state index in [-0.39, 0.29) is 36.4 Å². The Kier molecular flexibility index (Phi) is 6.48. The molecule has 1 spiro atoms. The van der Waals surface area contributed by atoms with Crippen LogP contribution in [0.15, 0.2) is 24.3 Å². The Labute approximate surface area is 199 Å². The molecule has 0 radical (unpaired) electrons. The number of benzene rings is 1. The van der Waals surface area contributed by atoms with Crippen LogP contribution in [0.5, 0.6) is 5.75 Å². The molecule has 0 bridgehead atoms. The molecule has 34 heavy (non-hydrogen) atoms. The third kappa shape index (κ3) is 4.51. The Bertz CT molecular complexity index is 934. The number of carbonyl (C=O) groups is 3. The lowest BCUT2D eigenvalue weighted by Gasteiger charge is -2.44. The van der Waals surface area contributed by atoms with E-state index in [9.17, 15) is 14.4 Å². The summed E-state index contributed by atoms with van der Waals surface area (Å²) in [6.07, 6.45) is 4.82. The molecule has 5 rings (SSSR count). The van der Waals surface area contributed by atoms with Crippen molar-refractivity contribution in [2.24, 2.45) is 5.92 Å². The fourth-order valence-electron chi connectivity index (χ4n) is 5.26. The summed E-state index contributed by atoms with van der Waals surface area (Å²) in [6.45, 7) is 2.30. The lowest BCUT2D eigenvalue weighted by Crippen LogP contribution is -2.60. The quantitative estimate of drug-likeness (QED) is 0.676. The van der Waals surface area contributed by atoms with Crippen molar-refractivity contribution in [1.29, 1.82) is 0 Å². The second kappa shape index (κ2) is 9.54. The molecule has 1 aromatic carbocycles. The summed E-state index contributed by atoms with van der Waals surface area (Å²) >= 11 is 0. The predicted molar refractivity (Wildman–Crippen MR) is 122 cm³/mol. The number of amides is 3. The van der Waals surface area contributed by atoms with Gasteiger partial charge in [-0.2, -0.15) is 0 Å². The zero-order valence-electron chi connectivity index (χ0n) is 19.7. The number of carbonyl (C=O) groups excluding carboxylic acids is 3. The van der Waals surface area contributed by atoms with E-state index in [0.717, 1.165) is 25.7 Å². The summed E-state index contributed by atoms with van der Waals surface area (Å²) in [4.78, 5) is 43.1. The zero-order valence-corrected chi connectivity index (χ0v) is 19.7. The van der Waals surface area contributed by atoms with Crippen LogP contribution in [0.2, 0.25) is 0 Å². The Morgan fingerprint density at radius 1 is 1.18 bits per heavy atom. The van der Waals surface area contributed by atoms with Gasteiger partial charge in [0.1, 0.15) is 17.5 Å². The Morgan fingerprint density at radius 2 is 1.97 bits per heavy atom. The number of ether oxygens (including phenoxy) is 3. The number of piperidine rings is 1. The fourth-order valence-corrected chi connectivity index (χ4v) is 5.26. The average Bonchev–Trinajstić information content (AvgIpc) is 3.47. The van der Waals surface area contributed by atoms with Crippen LogP contribution in [0.4, 0.5) is 0 Å². The van der Waals surface area contributed by atoms with E-state index in [0.29, 0.717) is 50.4 Å². The van der Waals surface area contributed by atoms with Gasteiger partial charge in [-0.15, -0.1) is 0 Å². The van der Waals surface area contributed by atoms with Gasteiger partial charge in [-0.05, 0) is 43.9 Å². The van der Waals surface area contributed by atoms with E-state index in [1.807, 2.05) is 4.90 Å². The number of likely N-dealkylation sites (tertiary alicyclic amines) is 1. The van der Waals surface area contributed by atoms with Gasteiger partial charge in [0.25, 0.3) is 5.91 Å². The Morgan fingerprint density at radius 3 is 2.65 bits per heavy atom. The molecule has 1 saturated carbocycles. The highest BCUT2D eigenvalue weighted by atomic mass is 16.5. The minimum Gasteiger partial charge on any atom is -0.497 e. The molecule has 9 heteroatoms. The smallest absolute Gasteiger partial charge is 0.257 e. The van der Waals surface area contributed by atoms with Crippen molar-refractivity contribution in [2.75, 3.05) is 40.0 Å². The van der Waals surface area contributed by atoms with Crippen LogP contribution < -0.4 is 10.1 Å². The van der Waals surface area contributed by atoms with E-state index >= 15 is 0 Å². The maximum absolute atomic E-state index is 13.8. The minimum atomic E-state index is -0.910. The molecule has 0 unspecified atom stereocenters. The first-order valence-corrected chi connectivity index (χ1v) is 12.3. The molecule has 184 valence electrons. The van der Waals surface area contributed by atoms with Crippen molar-refractivity contribution < 1.29 is 28.6 Å². The van der Waals surface area contributed by atoms with Crippen molar-refractivity contribution in [3.63, 3.8) is 0 Å². The summed E-state index contributed by atoms with van der Waals surface area (Å²) < 4.78 is 17.2. The molecule has 2 atom stereocenters. The summed E-state index contributed by atoms with van der Waals surface area (Å²) in [5.74, 6) is 0.425. The van der Waals surface area contributed by atoms with Gasteiger partial charge >= 0.3 is 0 Å². The fraction of sp³-hybridized carbons (Fsp3) is 0.640. The van der Waals surface area contributed by atoms with Gasteiger partial charge in [0.05, 0.1) is 19.8 Å². The number of hydrogen-bond donors (Lipinski definition) is 1. The highest BCUT2D eigenvalue weighted by Gasteiger charge is 2.54. The van der Waals surface area contributed by atoms with Crippen LogP contribution in [-0.4, -0.2) is 85.3 Å². The molecule has 3 amide bonds. The molecule has 3 saturated heterocycles. The number of methoxy groups -OCH3 is 1. The lowest BCUT2D eigenvalue weighted by atomic mass is 9.96. The molecule has 4 fully saturated rings. The molecule has 0 aromatic heterocycles. The van der Waals surface area contributed by atoms with Crippen molar-refractivity contribution in [2.45, 2.75) is 56.4 Å². The van der Waals surface area contributed by atoms with Crippen LogP contribution in [0, 0.1) is 5.92 Å². The van der Waals surface area contributed by atoms with Gasteiger partial charge in [0, 0.05) is 50.6 Å². The van der Waals surface area contributed by atoms with Gasteiger partial charge in [0.15, 0.2) is 0 Å². The SMILES string of the molecule is COc1cccc(C(=O)N2[C@@H](C(=O)NC[C@@H]3CCCO3)COC23CCN(C(=O)C2CC2)CC3)c1. The normalized spacial score (nSPS) is 26.0.